The molecule has 1 aromatic carbocycles. The molecule has 0 atom stereocenters. The molecule has 6 heteroatoms. The van der Waals surface area contributed by atoms with Crippen LogP contribution in [0.25, 0.3) is 0 Å². The van der Waals surface area contributed by atoms with Gasteiger partial charge in [-0.05, 0) is 19.1 Å². The number of nitrogens with zero attached hydrogens (tertiary/aromatic N) is 1. The number of thiazole rings is 1. The van der Waals surface area contributed by atoms with Crippen LogP contribution in [0.4, 0.5) is 0 Å². The van der Waals surface area contributed by atoms with Gasteiger partial charge in [0.15, 0.2) is 11.5 Å². The lowest BCUT2D eigenvalue weighted by atomic mass is 10.1. The molecule has 1 amide bonds. The monoisotopic (exact) mass is 278 g/mol. The maximum absolute atomic E-state index is 11.8. The molecule has 0 unspecified atom stereocenters. The zero-order valence-electron chi connectivity index (χ0n) is 10.4. The van der Waals surface area contributed by atoms with Crippen LogP contribution >= 0.6 is 11.3 Å². The highest BCUT2D eigenvalue weighted by Crippen LogP contribution is 2.27. The van der Waals surface area contributed by atoms with Crippen molar-refractivity contribution in [3.63, 3.8) is 0 Å². The number of carbonyl (C=O) groups is 1. The second-order valence-electron chi connectivity index (χ2n) is 4.04. The third kappa shape index (κ3) is 3.23. The summed E-state index contributed by atoms with van der Waals surface area (Å²) in [5.41, 5.74) is 0.998. The standard InChI is InChI=1S/C13H14N2O3S/c1-8-15-9(7-19-8)5-6-14-13(18)10-3-2-4-11(16)12(10)17/h2-4,7,16-17H,5-6H2,1H3,(H,14,18). The van der Waals surface area contributed by atoms with Crippen molar-refractivity contribution < 1.29 is 15.0 Å². The summed E-state index contributed by atoms with van der Waals surface area (Å²) in [6.07, 6.45) is 0.635. The molecular formula is C13H14N2O3S. The minimum atomic E-state index is -0.416. The second kappa shape index (κ2) is 5.71. The summed E-state index contributed by atoms with van der Waals surface area (Å²) in [5, 5.41) is 24.5. The Morgan fingerprint density at radius 3 is 2.89 bits per heavy atom. The van der Waals surface area contributed by atoms with Crippen LogP contribution in [0.5, 0.6) is 11.5 Å². The molecule has 0 bridgehead atoms. The third-order valence-corrected chi connectivity index (χ3v) is 3.41. The largest absolute Gasteiger partial charge is 0.504 e. The fourth-order valence-electron chi connectivity index (χ4n) is 1.64. The van der Waals surface area contributed by atoms with Crippen molar-refractivity contribution in [2.75, 3.05) is 6.54 Å². The van der Waals surface area contributed by atoms with E-state index < -0.39 is 11.7 Å². The summed E-state index contributed by atoms with van der Waals surface area (Å²) < 4.78 is 0. The van der Waals surface area contributed by atoms with Crippen LogP contribution in [0.15, 0.2) is 23.6 Å². The Hall–Kier alpha value is -2.08. The van der Waals surface area contributed by atoms with Gasteiger partial charge in [-0.15, -0.1) is 11.3 Å². The molecule has 2 aromatic rings. The van der Waals surface area contributed by atoms with E-state index in [0.717, 1.165) is 10.7 Å². The van der Waals surface area contributed by atoms with Crippen molar-refractivity contribution >= 4 is 17.2 Å². The topological polar surface area (TPSA) is 82.5 Å². The number of rotatable bonds is 4. The van der Waals surface area contributed by atoms with E-state index in [1.165, 1.54) is 18.2 Å². The van der Waals surface area contributed by atoms with E-state index in [0.29, 0.717) is 13.0 Å². The number of hydrogen-bond donors (Lipinski definition) is 3. The first kappa shape index (κ1) is 13.4. The lowest BCUT2D eigenvalue weighted by Gasteiger charge is -2.06. The highest BCUT2D eigenvalue weighted by molar-refractivity contribution is 7.09. The molecule has 0 aliphatic heterocycles. The average Bonchev–Trinajstić information content (AvgIpc) is 2.78. The number of amides is 1. The van der Waals surface area contributed by atoms with Crippen molar-refractivity contribution in [1.82, 2.24) is 10.3 Å². The van der Waals surface area contributed by atoms with Gasteiger partial charge in [-0.2, -0.15) is 0 Å². The molecule has 5 nitrogen and oxygen atoms in total. The van der Waals surface area contributed by atoms with E-state index in [9.17, 15) is 15.0 Å². The predicted octanol–water partition coefficient (Wildman–Crippen LogP) is 1.84. The lowest BCUT2D eigenvalue weighted by molar-refractivity contribution is 0.0950. The fraction of sp³-hybridized carbons (Fsp3) is 0.231. The number of benzene rings is 1. The maximum atomic E-state index is 11.8. The smallest absolute Gasteiger partial charge is 0.255 e. The highest BCUT2D eigenvalue weighted by Gasteiger charge is 2.13. The Kier molecular flexibility index (Phi) is 4.01. The molecule has 100 valence electrons. The molecule has 3 N–H and O–H groups in total. The number of nitrogens with one attached hydrogen (secondary N) is 1. The summed E-state index contributed by atoms with van der Waals surface area (Å²) >= 11 is 1.57. The normalized spacial score (nSPS) is 10.4. The minimum absolute atomic E-state index is 0.0643. The summed E-state index contributed by atoms with van der Waals surface area (Å²) in [7, 11) is 0. The number of aryl methyl sites for hydroxylation is 1. The Bertz CT molecular complexity index is 595. The summed E-state index contributed by atoms with van der Waals surface area (Å²) in [5.74, 6) is -1.12. The van der Waals surface area contributed by atoms with Gasteiger partial charge in [-0.25, -0.2) is 4.98 Å². The first-order valence-corrected chi connectivity index (χ1v) is 6.66. The zero-order chi connectivity index (χ0) is 13.8. The van der Waals surface area contributed by atoms with Gasteiger partial charge in [0.1, 0.15) is 0 Å². The average molecular weight is 278 g/mol. The molecular weight excluding hydrogens is 264 g/mol. The molecule has 0 saturated heterocycles. The van der Waals surface area contributed by atoms with Crippen molar-refractivity contribution in [1.29, 1.82) is 0 Å². The first-order valence-electron chi connectivity index (χ1n) is 5.78. The molecule has 0 aliphatic carbocycles. The van der Waals surface area contributed by atoms with E-state index in [-0.39, 0.29) is 11.3 Å². The molecule has 0 fully saturated rings. The van der Waals surface area contributed by atoms with Gasteiger partial charge in [0.05, 0.1) is 16.3 Å². The minimum Gasteiger partial charge on any atom is -0.504 e. The molecule has 0 radical (unpaired) electrons. The van der Waals surface area contributed by atoms with E-state index >= 15 is 0 Å². The zero-order valence-corrected chi connectivity index (χ0v) is 11.2. The summed E-state index contributed by atoms with van der Waals surface area (Å²) in [6, 6.07) is 4.29. The molecule has 2 rings (SSSR count). The molecule has 1 aromatic heterocycles. The molecule has 0 spiro atoms. The Morgan fingerprint density at radius 2 is 2.21 bits per heavy atom. The van der Waals surface area contributed by atoms with Gasteiger partial charge in [-0.1, -0.05) is 6.07 Å². The quantitative estimate of drug-likeness (QED) is 0.745. The number of phenolic OH excluding ortho intramolecular Hbond substituents is 2. The number of aromatic nitrogens is 1. The number of aromatic hydroxyl groups is 2. The van der Waals surface area contributed by atoms with Crippen molar-refractivity contribution in [3.05, 3.63) is 39.8 Å². The Labute approximate surface area is 114 Å². The van der Waals surface area contributed by atoms with Crippen molar-refractivity contribution in [2.45, 2.75) is 13.3 Å². The second-order valence-corrected chi connectivity index (χ2v) is 5.10. The van der Waals surface area contributed by atoms with Gasteiger partial charge < -0.3 is 15.5 Å². The molecule has 0 aliphatic rings. The maximum Gasteiger partial charge on any atom is 0.255 e. The van der Waals surface area contributed by atoms with E-state index in [1.54, 1.807) is 11.3 Å². The van der Waals surface area contributed by atoms with Gasteiger partial charge >= 0.3 is 0 Å². The van der Waals surface area contributed by atoms with Crippen LogP contribution in [0.1, 0.15) is 21.1 Å². The summed E-state index contributed by atoms with van der Waals surface area (Å²) in [4.78, 5) is 16.1. The number of phenols is 2. The van der Waals surface area contributed by atoms with Gasteiger partial charge in [-0.3, -0.25) is 4.79 Å². The lowest BCUT2D eigenvalue weighted by Crippen LogP contribution is -2.25. The Balaban J connectivity index is 1.93. The molecule has 0 saturated carbocycles. The van der Waals surface area contributed by atoms with E-state index in [4.69, 9.17) is 0 Å². The number of para-hydroxylation sites is 1. The van der Waals surface area contributed by atoms with Crippen molar-refractivity contribution in [3.8, 4) is 11.5 Å². The van der Waals surface area contributed by atoms with Gasteiger partial charge in [0, 0.05) is 18.3 Å². The van der Waals surface area contributed by atoms with E-state index in [2.05, 4.69) is 10.3 Å². The van der Waals surface area contributed by atoms with Crippen molar-refractivity contribution in [2.24, 2.45) is 0 Å². The van der Waals surface area contributed by atoms with Crippen LogP contribution in [-0.4, -0.2) is 27.6 Å². The van der Waals surface area contributed by atoms with Gasteiger partial charge in [0.25, 0.3) is 5.91 Å². The van der Waals surface area contributed by atoms with Gasteiger partial charge in [0.2, 0.25) is 0 Å². The Morgan fingerprint density at radius 1 is 1.42 bits per heavy atom. The van der Waals surface area contributed by atoms with Crippen LogP contribution in [0.3, 0.4) is 0 Å². The molecule has 1 heterocycles. The fourth-order valence-corrected chi connectivity index (χ4v) is 2.28. The van der Waals surface area contributed by atoms with Crippen LogP contribution in [0.2, 0.25) is 0 Å². The predicted molar refractivity (Wildman–Crippen MR) is 72.7 cm³/mol. The summed E-state index contributed by atoms with van der Waals surface area (Å²) in [6.45, 7) is 2.36. The number of carbonyl (C=O) groups excluding carboxylic acids is 1. The molecule has 19 heavy (non-hydrogen) atoms. The SMILES string of the molecule is Cc1nc(CCNC(=O)c2cccc(O)c2O)cs1. The van der Waals surface area contributed by atoms with Crippen LogP contribution < -0.4 is 5.32 Å². The number of hydrogen-bond acceptors (Lipinski definition) is 5. The van der Waals surface area contributed by atoms with Crippen LogP contribution in [0, 0.1) is 6.92 Å². The third-order valence-electron chi connectivity index (χ3n) is 2.59. The highest BCUT2D eigenvalue weighted by atomic mass is 32.1. The van der Waals surface area contributed by atoms with Crippen LogP contribution in [-0.2, 0) is 6.42 Å². The van der Waals surface area contributed by atoms with E-state index in [1.807, 2.05) is 12.3 Å². The first-order chi connectivity index (χ1) is 9.08.